The Balaban J connectivity index is 1.71. The van der Waals surface area contributed by atoms with Crippen LogP contribution >= 0.6 is 0 Å². The zero-order chi connectivity index (χ0) is 20.7. The lowest BCUT2D eigenvalue weighted by Crippen LogP contribution is -2.52. The van der Waals surface area contributed by atoms with E-state index in [9.17, 15) is 14.4 Å². The van der Waals surface area contributed by atoms with Gasteiger partial charge in [-0.25, -0.2) is 0 Å². The van der Waals surface area contributed by atoms with Crippen molar-refractivity contribution in [3.63, 3.8) is 0 Å². The first-order chi connectivity index (χ1) is 13.9. The molecule has 1 fully saturated rings. The zero-order valence-electron chi connectivity index (χ0n) is 17.0. The van der Waals surface area contributed by atoms with Gasteiger partial charge in [0.05, 0.1) is 11.4 Å². The maximum Gasteiger partial charge on any atom is 0.255 e. The molecule has 1 unspecified atom stereocenters. The minimum Gasteiger partial charge on any atom is -0.322 e. The summed E-state index contributed by atoms with van der Waals surface area (Å²) in [4.78, 5) is 41.6. The molecule has 2 aromatic rings. The highest BCUT2D eigenvalue weighted by Crippen LogP contribution is 2.41. The average Bonchev–Trinajstić information content (AvgIpc) is 3.09. The molecule has 0 bridgehead atoms. The van der Waals surface area contributed by atoms with Crippen molar-refractivity contribution in [1.82, 2.24) is 0 Å². The van der Waals surface area contributed by atoms with E-state index in [2.05, 4.69) is 5.32 Å². The van der Waals surface area contributed by atoms with Crippen LogP contribution in [0.4, 0.5) is 17.1 Å². The standard InChI is InChI=1S/C23H25N3O3/c1-4-11-25-20-13-16(22(28)24-17-12-14(2)5-6-15(17)3)7-8-18(20)26-19(23(25)29)9-10-21(26)27/h5-8,12-13,19H,4,9-11H2,1-3H3,(H,24,28). The van der Waals surface area contributed by atoms with Crippen molar-refractivity contribution in [2.45, 2.75) is 46.1 Å². The SMILES string of the molecule is CCCN1C(=O)C2CCC(=O)N2c2ccc(C(=O)Nc3cc(C)ccc3C)cc21. The van der Waals surface area contributed by atoms with Gasteiger partial charge in [-0.15, -0.1) is 0 Å². The Bertz CT molecular complexity index is 1010. The lowest BCUT2D eigenvalue weighted by molar-refractivity contribution is -0.122. The van der Waals surface area contributed by atoms with E-state index in [4.69, 9.17) is 0 Å². The van der Waals surface area contributed by atoms with Crippen LogP contribution in [0.1, 0.15) is 47.7 Å². The molecular formula is C23H25N3O3. The number of benzene rings is 2. The third-order valence-electron chi connectivity index (χ3n) is 5.64. The van der Waals surface area contributed by atoms with E-state index in [-0.39, 0.29) is 17.7 Å². The maximum absolute atomic E-state index is 13.0. The van der Waals surface area contributed by atoms with Gasteiger partial charge in [-0.1, -0.05) is 19.1 Å². The van der Waals surface area contributed by atoms with Gasteiger partial charge < -0.3 is 10.2 Å². The summed E-state index contributed by atoms with van der Waals surface area (Å²) in [5.74, 6) is -0.328. The first kappa shape index (κ1) is 19.2. The lowest BCUT2D eigenvalue weighted by Gasteiger charge is -2.38. The van der Waals surface area contributed by atoms with Crippen molar-refractivity contribution in [3.05, 3.63) is 53.1 Å². The smallest absolute Gasteiger partial charge is 0.255 e. The molecule has 29 heavy (non-hydrogen) atoms. The van der Waals surface area contributed by atoms with Crippen molar-refractivity contribution < 1.29 is 14.4 Å². The molecule has 1 saturated heterocycles. The highest BCUT2D eigenvalue weighted by molar-refractivity contribution is 6.16. The number of nitrogens with one attached hydrogen (secondary N) is 1. The highest BCUT2D eigenvalue weighted by Gasteiger charge is 2.44. The minimum absolute atomic E-state index is 0.0339. The predicted octanol–water partition coefficient (Wildman–Crippen LogP) is 3.81. The quantitative estimate of drug-likeness (QED) is 0.862. The van der Waals surface area contributed by atoms with Crippen LogP contribution < -0.4 is 15.1 Å². The summed E-state index contributed by atoms with van der Waals surface area (Å²) in [6.45, 7) is 6.50. The van der Waals surface area contributed by atoms with Crippen molar-refractivity contribution in [2.75, 3.05) is 21.7 Å². The monoisotopic (exact) mass is 391 g/mol. The van der Waals surface area contributed by atoms with Crippen LogP contribution in [0.15, 0.2) is 36.4 Å². The molecule has 6 nitrogen and oxygen atoms in total. The number of fused-ring (bicyclic) bond motifs is 3. The van der Waals surface area contributed by atoms with Gasteiger partial charge in [-0.05, 0) is 62.1 Å². The molecule has 2 aliphatic heterocycles. The van der Waals surface area contributed by atoms with Crippen LogP contribution in [0.2, 0.25) is 0 Å². The lowest BCUT2D eigenvalue weighted by atomic mass is 10.0. The first-order valence-electron chi connectivity index (χ1n) is 10.1. The Hall–Kier alpha value is -3.15. The molecule has 0 spiro atoms. The number of carbonyl (C=O) groups excluding carboxylic acids is 3. The zero-order valence-corrected chi connectivity index (χ0v) is 17.0. The van der Waals surface area contributed by atoms with Gasteiger partial charge in [0.2, 0.25) is 11.8 Å². The molecule has 1 atom stereocenters. The summed E-state index contributed by atoms with van der Waals surface area (Å²) in [5, 5.41) is 2.96. The molecule has 150 valence electrons. The molecule has 0 aromatic heterocycles. The Morgan fingerprint density at radius 3 is 2.66 bits per heavy atom. The van der Waals surface area contributed by atoms with Crippen LogP contribution in [0.25, 0.3) is 0 Å². The number of anilines is 3. The Kier molecular flexibility index (Phi) is 4.86. The molecule has 4 rings (SSSR count). The maximum atomic E-state index is 13.0. The van der Waals surface area contributed by atoms with Gasteiger partial charge in [0, 0.05) is 24.2 Å². The Morgan fingerprint density at radius 1 is 1.10 bits per heavy atom. The van der Waals surface area contributed by atoms with Crippen molar-refractivity contribution in [2.24, 2.45) is 0 Å². The number of nitrogens with zero attached hydrogens (tertiary/aromatic N) is 2. The van der Waals surface area contributed by atoms with Gasteiger partial charge in [0.1, 0.15) is 6.04 Å². The van der Waals surface area contributed by atoms with Gasteiger partial charge in [-0.2, -0.15) is 0 Å². The molecule has 0 radical (unpaired) electrons. The third-order valence-corrected chi connectivity index (χ3v) is 5.64. The fourth-order valence-electron chi connectivity index (χ4n) is 4.12. The van der Waals surface area contributed by atoms with E-state index in [1.54, 1.807) is 28.0 Å². The largest absolute Gasteiger partial charge is 0.322 e. The van der Waals surface area contributed by atoms with E-state index in [1.165, 1.54) is 0 Å². The summed E-state index contributed by atoms with van der Waals surface area (Å²) >= 11 is 0. The second kappa shape index (κ2) is 7.35. The fraction of sp³-hybridized carbons (Fsp3) is 0.348. The van der Waals surface area contributed by atoms with Crippen LogP contribution in [-0.4, -0.2) is 30.3 Å². The number of rotatable bonds is 4. The van der Waals surface area contributed by atoms with Crippen molar-refractivity contribution in [1.29, 1.82) is 0 Å². The van der Waals surface area contributed by atoms with Crippen molar-refractivity contribution >= 4 is 34.8 Å². The molecule has 0 saturated carbocycles. The summed E-state index contributed by atoms with van der Waals surface area (Å²) in [6, 6.07) is 10.7. The Morgan fingerprint density at radius 2 is 1.90 bits per heavy atom. The van der Waals surface area contributed by atoms with E-state index in [1.807, 2.05) is 39.0 Å². The number of hydrogen-bond acceptors (Lipinski definition) is 3. The van der Waals surface area contributed by atoms with Crippen molar-refractivity contribution in [3.8, 4) is 0 Å². The van der Waals surface area contributed by atoms with Gasteiger partial charge >= 0.3 is 0 Å². The third kappa shape index (κ3) is 3.28. The predicted molar refractivity (Wildman–Crippen MR) is 113 cm³/mol. The second-order valence-electron chi connectivity index (χ2n) is 7.78. The van der Waals surface area contributed by atoms with E-state index in [0.29, 0.717) is 36.3 Å². The molecule has 6 heteroatoms. The fourth-order valence-corrected chi connectivity index (χ4v) is 4.12. The molecule has 2 aromatic carbocycles. The normalized spacial score (nSPS) is 18.0. The topological polar surface area (TPSA) is 69.7 Å². The van der Waals surface area contributed by atoms with Gasteiger partial charge in [-0.3, -0.25) is 19.3 Å². The van der Waals surface area contributed by atoms with E-state index < -0.39 is 6.04 Å². The van der Waals surface area contributed by atoms with E-state index >= 15 is 0 Å². The first-order valence-corrected chi connectivity index (χ1v) is 10.1. The molecule has 3 amide bonds. The van der Waals surface area contributed by atoms with Gasteiger partial charge in [0.15, 0.2) is 0 Å². The van der Waals surface area contributed by atoms with Crippen LogP contribution in [0.5, 0.6) is 0 Å². The van der Waals surface area contributed by atoms with Crippen LogP contribution in [0, 0.1) is 13.8 Å². The summed E-state index contributed by atoms with van der Waals surface area (Å²) in [6.07, 6.45) is 1.72. The molecule has 2 aliphatic rings. The molecule has 2 heterocycles. The minimum atomic E-state index is -0.420. The van der Waals surface area contributed by atoms with Crippen LogP contribution in [-0.2, 0) is 9.59 Å². The van der Waals surface area contributed by atoms with E-state index in [0.717, 1.165) is 23.2 Å². The number of amides is 3. The number of hydrogen-bond donors (Lipinski definition) is 1. The molecule has 0 aliphatic carbocycles. The summed E-state index contributed by atoms with van der Waals surface area (Å²) in [7, 11) is 0. The highest BCUT2D eigenvalue weighted by atomic mass is 16.2. The summed E-state index contributed by atoms with van der Waals surface area (Å²) < 4.78 is 0. The number of carbonyl (C=O) groups is 3. The molecular weight excluding hydrogens is 366 g/mol. The number of aryl methyl sites for hydroxylation is 2. The Labute approximate surface area is 170 Å². The second-order valence-corrected chi connectivity index (χ2v) is 7.78. The average molecular weight is 391 g/mol. The van der Waals surface area contributed by atoms with Crippen LogP contribution in [0.3, 0.4) is 0 Å². The molecule has 1 N–H and O–H groups in total. The summed E-state index contributed by atoms with van der Waals surface area (Å²) in [5.41, 5.74) is 4.63. The van der Waals surface area contributed by atoms with Gasteiger partial charge in [0.25, 0.3) is 5.91 Å².